The average molecular weight is 338 g/mol. The second-order valence-electron chi connectivity index (χ2n) is 5.87. The molecule has 3 aromatic heterocycles. The summed E-state index contributed by atoms with van der Waals surface area (Å²) < 4.78 is 10.8. The van der Waals surface area contributed by atoms with Gasteiger partial charge in [0.15, 0.2) is 5.82 Å². The van der Waals surface area contributed by atoms with Crippen molar-refractivity contribution in [1.82, 2.24) is 20.3 Å². The fourth-order valence-corrected chi connectivity index (χ4v) is 2.64. The molecular formula is C19H22N4O2. The Morgan fingerprint density at radius 2 is 1.92 bits per heavy atom. The lowest BCUT2D eigenvalue weighted by Gasteiger charge is -2.15. The standard InChI is InChI=1S/C19H22N4O2/c1-13(21-10-16-4-5-17(25-16)12-24-3)18-11-22-19(23-14(18)2)15-6-8-20-9-7-15/h4-9,11,13,21H,10,12H2,1-3H3/t13-/m1/s1. The maximum atomic E-state index is 5.69. The largest absolute Gasteiger partial charge is 0.462 e. The van der Waals surface area contributed by atoms with Crippen LogP contribution < -0.4 is 5.32 Å². The summed E-state index contributed by atoms with van der Waals surface area (Å²) >= 11 is 0. The number of methoxy groups -OCH3 is 1. The van der Waals surface area contributed by atoms with Gasteiger partial charge in [-0.05, 0) is 38.1 Å². The molecule has 3 rings (SSSR count). The number of hydrogen-bond donors (Lipinski definition) is 1. The monoisotopic (exact) mass is 338 g/mol. The summed E-state index contributed by atoms with van der Waals surface area (Å²) in [5.41, 5.74) is 2.99. The number of furan rings is 1. The summed E-state index contributed by atoms with van der Waals surface area (Å²) in [7, 11) is 1.65. The van der Waals surface area contributed by atoms with Crippen molar-refractivity contribution in [3.63, 3.8) is 0 Å². The third kappa shape index (κ3) is 4.29. The predicted octanol–water partition coefficient (Wildman–Crippen LogP) is 3.44. The first-order chi connectivity index (χ1) is 12.2. The lowest BCUT2D eigenvalue weighted by Crippen LogP contribution is -2.19. The van der Waals surface area contributed by atoms with Crippen LogP contribution in [-0.2, 0) is 17.9 Å². The SMILES string of the molecule is COCc1ccc(CN[C@H](C)c2cnc(-c3ccncc3)nc2C)o1. The Bertz CT molecular complexity index is 817. The minimum absolute atomic E-state index is 0.113. The zero-order valence-electron chi connectivity index (χ0n) is 14.7. The van der Waals surface area contributed by atoms with Crippen molar-refractivity contribution in [2.75, 3.05) is 7.11 Å². The Balaban J connectivity index is 1.66. The van der Waals surface area contributed by atoms with E-state index in [2.05, 4.69) is 27.2 Å². The van der Waals surface area contributed by atoms with Crippen molar-refractivity contribution in [3.05, 3.63) is 65.6 Å². The van der Waals surface area contributed by atoms with E-state index in [1.54, 1.807) is 19.5 Å². The van der Waals surface area contributed by atoms with E-state index < -0.39 is 0 Å². The van der Waals surface area contributed by atoms with Gasteiger partial charge in [0.1, 0.15) is 18.1 Å². The minimum atomic E-state index is 0.113. The van der Waals surface area contributed by atoms with Gasteiger partial charge in [-0.2, -0.15) is 0 Å². The lowest BCUT2D eigenvalue weighted by molar-refractivity contribution is 0.162. The highest BCUT2D eigenvalue weighted by Crippen LogP contribution is 2.20. The molecule has 0 amide bonds. The van der Waals surface area contributed by atoms with Crippen molar-refractivity contribution < 1.29 is 9.15 Å². The molecule has 0 aliphatic carbocycles. The maximum absolute atomic E-state index is 5.69. The number of nitrogens with one attached hydrogen (secondary N) is 1. The molecule has 0 aromatic carbocycles. The van der Waals surface area contributed by atoms with Gasteiger partial charge in [0.25, 0.3) is 0 Å². The van der Waals surface area contributed by atoms with Crippen LogP contribution in [0.3, 0.4) is 0 Å². The van der Waals surface area contributed by atoms with E-state index in [4.69, 9.17) is 9.15 Å². The van der Waals surface area contributed by atoms with Crippen LogP contribution in [0.2, 0.25) is 0 Å². The van der Waals surface area contributed by atoms with Gasteiger partial charge in [-0.25, -0.2) is 9.97 Å². The topological polar surface area (TPSA) is 73.1 Å². The molecule has 6 nitrogen and oxygen atoms in total. The van der Waals surface area contributed by atoms with Crippen molar-refractivity contribution in [1.29, 1.82) is 0 Å². The van der Waals surface area contributed by atoms with Gasteiger partial charge in [0, 0.05) is 48.6 Å². The number of pyridine rings is 1. The first-order valence-electron chi connectivity index (χ1n) is 8.21. The second kappa shape index (κ2) is 8.00. The summed E-state index contributed by atoms with van der Waals surface area (Å²) in [6, 6.07) is 7.82. The summed E-state index contributed by atoms with van der Waals surface area (Å²) in [5.74, 6) is 2.42. The number of aromatic nitrogens is 3. The second-order valence-corrected chi connectivity index (χ2v) is 5.87. The molecule has 0 radical (unpaired) electrons. The van der Waals surface area contributed by atoms with E-state index in [1.807, 2.05) is 37.4 Å². The van der Waals surface area contributed by atoms with E-state index in [-0.39, 0.29) is 6.04 Å². The highest BCUT2D eigenvalue weighted by atomic mass is 16.5. The molecule has 0 aliphatic rings. The zero-order chi connectivity index (χ0) is 17.6. The number of rotatable bonds is 7. The maximum Gasteiger partial charge on any atom is 0.159 e. The first-order valence-corrected chi connectivity index (χ1v) is 8.21. The van der Waals surface area contributed by atoms with Crippen molar-refractivity contribution in [3.8, 4) is 11.4 Å². The van der Waals surface area contributed by atoms with Crippen LogP contribution in [0.1, 0.15) is 35.7 Å². The van der Waals surface area contributed by atoms with Gasteiger partial charge in [0.05, 0.1) is 6.54 Å². The molecule has 130 valence electrons. The van der Waals surface area contributed by atoms with Gasteiger partial charge >= 0.3 is 0 Å². The zero-order valence-corrected chi connectivity index (χ0v) is 14.7. The van der Waals surface area contributed by atoms with Gasteiger partial charge < -0.3 is 14.5 Å². The Morgan fingerprint density at radius 3 is 2.64 bits per heavy atom. The molecule has 0 unspecified atom stereocenters. The summed E-state index contributed by atoms with van der Waals surface area (Å²) in [6.45, 7) is 5.22. The lowest BCUT2D eigenvalue weighted by atomic mass is 10.1. The smallest absolute Gasteiger partial charge is 0.159 e. The van der Waals surface area contributed by atoms with Gasteiger partial charge in [-0.15, -0.1) is 0 Å². The molecule has 0 saturated carbocycles. The highest BCUT2D eigenvalue weighted by Gasteiger charge is 2.12. The van der Waals surface area contributed by atoms with Gasteiger partial charge in [0.2, 0.25) is 0 Å². The molecule has 6 heteroatoms. The Kier molecular flexibility index (Phi) is 5.53. The molecular weight excluding hydrogens is 316 g/mol. The van der Waals surface area contributed by atoms with E-state index in [1.165, 1.54) is 0 Å². The van der Waals surface area contributed by atoms with Crippen molar-refractivity contribution in [2.45, 2.75) is 33.0 Å². The first kappa shape index (κ1) is 17.3. The minimum Gasteiger partial charge on any atom is -0.462 e. The van der Waals surface area contributed by atoms with Gasteiger partial charge in [-0.3, -0.25) is 4.98 Å². The number of hydrogen-bond acceptors (Lipinski definition) is 6. The Labute approximate surface area is 147 Å². The summed E-state index contributed by atoms with van der Waals surface area (Å²) in [6.07, 6.45) is 5.37. The van der Waals surface area contributed by atoms with E-state index in [0.29, 0.717) is 19.0 Å². The summed E-state index contributed by atoms with van der Waals surface area (Å²) in [5, 5.41) is 3.45. The molecule has 0 spiro atoms. The molecule has 0 fully saturated rings. The predicted molar refractivity (Wildman–Crippen MR) is 94.7 cm³/mol. The van der Waals surface area contributed by atoms with Crippen LogP contribution in [0.4, 0.5) is 0 Å². The van der Waals surface area contributed by atoms with Gasteiger partial charge in [-0.1, -0.05) is 0 Å². The number of nitrogens with zero attached hydrogens (tertiary/aromatic N) is 3. The van der Waals surface area contributed by atoms with Crippen molar-refractivity contribution in [2.24, 2.45) is 0 Å². The molecule has 0 bridgehead atoms. The van der Waals surface area contributed by atoms with E-state index in [0.717, 1.165) is 28.3 Å². The molecule has 1 atom stereocenters. The average Bonchev–Trinajstić information content (AvgIpc) is 3.08. The van der Waals surface area contributed by atoms with Crippen LogP contribution in [0.5, 0.6) is 0 Å². The molecule has 3 heterocycles. The third-order valence-corrected chi connectivity index (χ3v) is 4.01. The van der Waals surface area contributed by atoms with E-state index >= 15 is 0 Å². The normalized spacial score (nSPS) is 12.3. The van der Waals surface area contributed by atoms with Crippen LogP contribution in [0.25, 0.3) is 11.4 Å². The highest BCUT2D eigenvalue weighted by molar-refractivity contribution is 5.53. The van der Waals surface area contributed by atoms with Crippen molar-refractivity contribution >= 4 is 0 Å². The van der Waals surface area contributed by atoms with Crippen LogP contribution in [0.15, 0.2) is 47.3 Å². The molecule has 0 saturated heterocycles. The Hall–Kier alpha value is -2.57. The van der Waals surface area contributed by atoms with E-state index in [9.17, 15) is 0 Å². The molecule has 3 aromatic rings. The fourth-order valence-electron chi connectivity index (χ4n) is 2.64. The van der Waals surface area contributed by atoms with Crippen LogP contribution in [-0.4, -0.2) is 22.1 Å². The molecule has 0 aliphatic heterocycles. The molecule has 25 heavy (non-hydrogen) atoms. The Morgan fingerprint density at radius 1 is 1.16 bits per heavy atom. The molecule has 1 N–H and O–H groups in total. The van der Waals surface area contributed by atoms with Crippen LogP contribution in [0, 0.1) is 6.92 Å². The quantitative estimate of drug-likeness (QED) is 0.711. The fraction of sp³-hybridized carbons (Fsp3) is 0.316. The number of ether oxygens (including phenoxy) is 1. The van der Waals surface area contributed by atoms with Crippen LogP contribution >= 0.6 is 0 Å². The number of aryl methyl sites for hydroxylation is 1. The third-order valence-electron chi connectivity index (χ3n) is 4.01. The summed E-state index contributed by atoms with van der Waals surface area (Å²) in [4.78, 5) is 13.1.